The highest BCUT2D eigenvalue weighted by atomic mass is 16.2. The first-order chi connectivity index (χ1) is 17.7. The number of benzene rings is 3. The molecule has 0 atom stereocenters. The highest BCUT2D eigenvalue weighted by Gasteiger charge is 2.22. The first-order valence-corrected chi connectivity index (χ1v) is 12.4. The van der Waals surface area contributed by atoms with Crippen LogP contribution >= 0.6 is 0 Å². The molecule has 6 heteroatoms. The summed E-state index contributed by atoms with van der Waals surface area (Å²) in [4.78, 5) is 21.8. The highest BCUT2D eigenvalue weighted by Crippen LogP contribution is 2.18. The summed E-state index contributed by atoms with van der Waals surface area (Å²) in [5, 5.41) is 13.9. The van der Waals surface area contributed by atoms with Crippen LogP contribution in [-0.4, -0.2) is 53.4 Å². The summed E-state index contributed by atoms with van der Waals surface area (Å²) in [7, 11) is 0. The smallest absolute Gasteiger partial charge is 0.253 e. The number of para-hydroxylation sites is 1. The molecule has 0 saturated carbocycles. The first-order valence-electron chi connectivity index (χ1n) is 12.4. The van der Waals surface area contributed by atoms with Crippen molar-refractivity contribution in [2.75, 3.05) is 38.0 Å². The predicted molar refractivity (Wildman–Crippen MR) is 143 cm³/mol. The Balaban J connectivity index is 1.12. The Labute approximate surface area is 211 Å². The molecule has 1 aromatic heterocycles. The van der Waals surface area contributed by atoms with E-state index >= 15 is 0 Å². The number of piperazine rings is 1. The Morgan fingerprint density at radius 1 is 0.889 bits per heavy atom. The Morgan fingerprint density at radius 2 is 1.64 bits per heavy atom. The maximum absolute atomic E-state index is 13.0. The van der Waals surface area contributed by atoms with Gasteiger partial charge in [-0.1, -0.05) is 42.5 Å². The molecule has 180 valence electrons. The van der Waals surface area contributed by atoms with Crippen molar-refractivity contribution in [1.82, 2.24) is 14.8 Å². The third-order valence-corrected chi connectivity index (χ3v) is 6.76. The number of fused-ring (bicyclic) bond motifs is 1. The van der Waals surface area contributed by atoms with Crippen molar-refractivity contribution >= 4 is 22.5 Å². The van der Waals surface area contributed by atoms with Crippen LogP contribution in [0.4, 0.5) is 5.69 Å². The third kappa shape index (κ3) is 5.37. The van der Waals surface area contributed by atoms with E-state index in [1.807, 2.05) is 65.7 Å². The fraction of sp³-hybridized carbons (Fsp3) is 0.233. The van der Waals surface area contributed by atoms with Crippen molar-refractivity contribution in [2.24, 2.45) is 0 Å². The van der Waals surface area contributed by atoms with E-state index in [2.05, 4.69) is 45.5 Å². The summed E-state index contributed by atoms with van der Waals surface area (Å²) in [5.74, 6) is 0.0699. The van der Waals surface area contributed by atoms with Crippen LogP contribution in [0, 0.1) is 11.3 Å². The Kier molecular flexibility index (Phi) is 7.20. The summed E-state index contributed by atoms with van der Waals surface area (Å²) in [6.45, 7) is 4.50. The highest BCUT2D eigenvalue weighted by molar-refractivity contribution is 5.94. The van der Waals surface area contributed by atoms with Crippen molar-refractivity contribution in [1.29, 1.82) is 5.26 Å². The largest absolute Gasteiger partial charge is 0.385 e. The molecule has 1 fully saturated rings. The Bertz CT molecular complexity index is 1380. The van der Waals surface area contributed by atoms with Crippen LogP contribution in [-0.2, 0) is 13.0 Å². The first kappa shape index (κ1) is 23.5. The maximum atomic E-state index is 13.0. The average Bonchev–Trinajstić information content (AvgIpc) is 2.94. The van der Waals surface area contributed by atoms with Crippen molar-refractivity contribution in [3.63, 3.8) is 0 Å². The van der Waals surface area contributed by atoms with Gasteiger partial charge in [0, 0.05) is 62.1 Å². The summed E-state index contributed by atoms with van der Waals surface area (Å²) >= 11 is 0. The lowest BCUT2D eigenvalue weighted by atomic mass is 10.1. The van der Waals surface area contributed by atoms with E-state index in [4.69, 9.17) is 0 Å². The van der Waals surface area contributed by atoms with E-state index in [1.54, 1.807) is 0 Å². The number of aromatic nitrogens is 1. The lowest BCUT2D eigenvalue weighted by molar-refractivity contribution is 0.0628. The number of anilines is 1. The van der Waals surface area contributed by atoms with Gasteiger partial charge in [0.1, 0.15) is 0 Å². The molecule has 1 amide bonds. The van der Waals surface area contributed by atoms with Crippen LogP contribution < -0.4 is 5.32 Å². The SMILES string of the molecule is N#Cc1ccccc1CN1CCN(C(=O)c2ccc(NCCc3cccc4cccnc34)cc2)CC1. The van der Waals surface area contributed by atoms with Gasteiger partial charge in [-0.05, 0) is 53.9 Å². The second kappa shape index (κ2) is 11.0. The maximum Gasteiger partial charge on any atom is 0.253 e. The van der Waals surface area contributed by atoms with Crippen LogP contribution in [0.5, 0.6) is 0 Å². The summed E-state index contributed by atoms with van der Waals surface area (Å²) < 4.78 is 0. The molecular weight excluding hydrogens is 446 g/mol. The zero-order chi connectivity index (χ0) is 24.7. The molecule has 6 nitrogen and oxygen atoms in total. The summed E-state index contributed by atoms with van der Waals surface area (Å²) in [5.41, 5.74) is 5.75. The average molecular weight is 476 g/mol. The van der Waals surface area contributed by atoms with Crippen LogP contribution in [0.1, 0.15) is 27.0 Å². The lowest BCUT2D eigenvalue weighted by Gasteiger charge is -2.35. The number of nitrogens with one attached hydrogen (secondary N) is 1. The molecule has 3 aromatic carbocycles. The van der Waals surface area contributed by atoms with Gasteiger partial charge >= 0.3 is 0 Å². The number of nitrogens with zero attached hydrogens (tertiary/aromatic N) is 4. The zero-order valence-electron chi connectivity index (χ0n) is 20.2. The Hall–Kier alpha value is -4.21. The number of carbonyl (C=O) groups excluding carboxylic acids is 1. The van der Waals surface area contributed by atoms with Gasteiger partial charge in [0.2, 0.25) is 0 Å². The molecule has 1 saturated heterocycles. The number of rotatable bonds is 7. The number of hydrogen-bond acceptors (Lipinski definition) is 5. The van der Waals surface area contributed by atoms with Crippen molar-refractivity contribution < 1.29 is 4.79 Å². The van der Waals surface area contributed by atoms with Gasteiger partial charge in [-0.2, -0.15) is 5.26 Å². The van der Waals surface area contributed by atoms with Gasteiger partial charge in [-0.15, -0.1) is 0 Å². The van der Waals surface area contributed by atoms with Gasteiger partial charge in [0.25, 0.3) is 5.91 Å². The van der Waals surface area contributed by atoms with Crippen molar-refractivity contribution in [2.45, 2.75) is 13.0 Å². The molecule has 4 aromatic rings. The summed E-state index contributed by atoms with van der Waals surface area (Å²) in [6, 6.07) is 28.1. The molecule has 1 aliphatic heterocycles. The van der Waals surface area contributed by atoms with Crippen molar-refractivity contribution in [3.8, 4) is 6.07 Å². The number of pyridine rings is 1. The second-order valence-corrected chi connectivity index (χ2v) is 9.08. The van der Waals surface area contributed by atoms with Gasteiger partial charge in [0.15, 0.2) is 0 Å². The van der Waals surface area contributed by atoms with E-state index in [0.29, 0.717) is 18.7 Å². The van der Waals surface area contributed by atoms with Gasteiger partial charge in [0.05, 0.1) is 17.1 Å². The van der Waals surface area contributed by atoms with E-state index in [1.165, 1.54) is 5.56 Å². The van der Waals surface area contributed by atoms with Crippen LogP contribution in [0.3, 0.4) is 0 Å². The van der Waals surface area contributed by atoms with Gasteiger partial charge < -0.3 is 10.2 Å². The number of nitriles is 1. The third-order valence-electron chi connectivity index (χ3n) is 6.76. The molecule has 0 bridgehead atoms. The summed E-state index contributed by atoms with van der Waals surface area (Å²) in [6.07, 6.45) is 2.71. The molecular formula is C30H29N5O. The number of amides is 1. The van der Waals surface area contributed by atoms with Crippen LogP contribution in [0.15, 0.2) is 85.1 Å². The van der Waals surface area contributed by atoms with E-state index in [-0.39, 0.29) is 5.91 Å². The monoisotopic (exact) mass is 475 g/mol. The van der Waals surface area contributed by atoms with Crippen LogP contribution in [0.2, 0.25) is 0 Å². The normalized spacial score (nSPS) is 13.9. The fourth-order valence-electron chi connectivity index (χ4n) is 4.74. The topological polar surface area (TPSA) is 72.3 Å². The van der Waals surface area contributed by atoms with Gasteiger partial charge in [-0.25, -0.2) is 0 Å². The molecule has 1 N–H and O–H groups in total. The number of carbonyl (C=O) groups is 1. The molecule has 0 unspecified atom stereocenters. The number of hydrogen-bond donors (Lipinski definition) is 1. The molecule has 0 spiro atoms. The molecule has 0 radical (unpaired) electrons. The van der Waals surface area contributed by atoms with Gasteiger partial charge in [-0.3, -0.25) is 14.7 Å². The molecule has 36 heavy (non-hydrogen) atoms. The quantitative estimate of drug-likeness (QED) is 0.419. The molecule has 0 aliphatic carbocycles. The fourth-order valence-corrected chi connectivity index (χ4v) is 4.74. The van der Waals surface area contributed by atoms with Crippen molar-refractivity contribution in [3.05, 3.63) is 107 Å². The minimum atomic E-state index is 0.0699. The molecule has 1 aliphatic rings. The minimum absolute atomic E-state index is 0.0699. The Morgan fingerprint density at radius 3 is 2.44 bits per heavy atom. The second-order valence-electron chi connectivity index (χ2n) is 9.08. The van der Waals surface area contributed by atoms with Crippen LogP contribution in [0.25, 0.3) is 10.9 Å². The molecule has 2 heterocycles. The van der Waals surface area contributed by atoms with E-state index in [9.17, 15) is 10.1 Å². The lowest BCUT2D eigenvalue weighted by Crippen LogP contribution is -2.48. The van der Waals surface area contributed by atoms with E-state index in [0.717, 1.165) is 60.3 Å². The zero-order valence-corrected chi connectivity index (χ0v) is 20.2. The predicted octanol–water partition coefficient (Wildman–Crippen LogP) is 4.72. The standard InChI is InChI=1S/C30H29N5O/c31-21-26-5-1-2-6-27(26)22-34-17-19-35(20-18-34)30(36)25-10-12-28(13-11-25)32-16-14-24-8-3-7-23-9-4-15-33-29(23)24/h1-13,15,32H,14,16-20,22H2. The minimum Gasteiger partial charge on any atom is -0.385 e. The molecule has 5 rings (SSSR count). The van der Waals surface area contributed by atoms with E-state index < -0.39 is 0 Å².